The number of nitrogens with zero attached hydrogens (tertiary/aromatic N) is 4. The van der Waals surface area contributed by atoms with Crippen molar-refractivity contribution in [1.82, 2.24) is 19.6 Å². The normalized spacial score (nSPS) is 22.8. The molecule has 10 heteroatoms. The van der Waals surface area contributed by atoms with Gasteiger partial charge in [0.2, 0.25) is 0 Å². The summed E-state index contributed by atoms with van der Waals surface area (Å²) in [6.07, 6.45) is -0.761. The first-order chi connectivity index (χ1) is 12.6. The molecule has 2 rings (SSSR count). The Morgan fingerprint density at radius 2 is 0.808 bits per heavy atom. The zero-order valence-corrected chi connectivity index (χ0v) is 16.0. The standard InChI is InChI=1S/C16H30N4O6/c1-23-9-5-17-13-14(19(15(17)21)7-11-25-3)20(8-12-26-4)16(22)18(13)6-10-24-2/h13-14H,5-12H2,1-4H3. The van der Waals surface area contributed by atoms with Crippen LogP contribution < -0.4 is 0 Å². The van der Waals surface area contributed by atoms with Crippen molar-refractivity contribution in [2.75, 3.05) is 81.0 Å². The summed E-state index contributed by atoms with van der Waals surface area (Å²) in [7, 11) is 6.37. The molecular formula is C16H30N4O6. The third-order valence-electron chi connectivity index (χ3n) is 4.67. The number of urea groups is 2. The summed E-state index contributed by atoms with van der Waals surface area (Å²) in [6.45, 7) is 3.25. The topological polar surface area (TPSA) is 84.0 Å². The largest absolute Gasteiger partial charge is 0.383 e. The molecule has 0 bridgehead atoms. The molecule has 0 aliphatic carbocycles. The fourth-order valence-corrected chi connectivity index (χ4v) is 3.43. The molecule has 26 heavy (non-hydrogen) atoms. The lowest BCUT2D eigenvalue weighted by Gasteiger charge is -2.29. The van der Waals surface area contributed by atoms with Gasteiger partial charge in [0.25, 0.3) is 0 Å². The fraction of sp³-hybridized carbons (Fsp3) is 0.875. The van der Waals surface area contributed by atoms with Crippen LogP contribution in [0.1, 0.15) is 0 Å². The number of methoxy groups -OCH3 is 4. The second-order valence-corrected chi connectivity index (χ2v) is 6.14. The maximum Gasteiger partial charge on any atom is 0.323 e. The van der Waals surface area contributed by atoms with Crippen molar-refractivity contribution in [2.45, 2.75) is 12.3 Å². The van der Waals surface area contributed by atoms with Gasteiger partial charge in [-0.25, -0.2) is 9.59 Å². The first-order valence-electron chi connectivity index (χ1n) is 8.72. The van der Waals surface area contributed by atoms with Crippen LogP contribution in [0.5, 0.6) is 0 Å². The van der Waals surface area contributed by atoms with Crippen molar-refractivity contribution < 1.29 is 28.5 Å². The Balaban J connectivity index is 2.31. The Morgan fingerprint density at radius 3 is 1.00 bits per heavy atom. The first kappa shape index (κ1) is 20.7. The molecule has 0 atom stereocenters. The number of hydrogen-bond donors (Lipinski definition) is 0. The minimum absolute atomic E-state index is 0.119. The lowest BCUT2D eigenvalue weighted by molar-refractivity contribution is 0.0736. The SMILES string of the molecule is COCCN1C(=O)N(CCOC)C2C1N(CCOC)C(=O)N2CCOC. The molecular weight excluding hydrogens is 344 g/mol. The molecule has 2 heterocycles. The van der Waals surface area contributed by atoms with Gasteiger partial charge in [0.1, 0.15) is 12.3 Å². The van der Waals surface area contributed by atoms with Crippen molar-refractivity contribution in [3.05, 3.63) is 0 Å². The average molecular weight is 374 g/mol. The summed E-state index contributed by atoms with van der Waals surface area (Å²) in [4.78, 5) is 32.8. The van der Waals surface area contributed by atoms with Gasteiger partial charge in [-0.3, -0.25) is 19.6 Å². The fourth-order valence-electron chi connectivity index (χ4n) is 3.43. The second-order valence-electron chi connectivity index (χ2n) is 6.14. The van der Waals surface area contributed by atoms with E-state index in [1.165, 1.54) is 0 Å². The molecule has 0 N–H and O–H groups in total. The van der Waals surface area contributed by atoms with Crippen molar-refractivity contribution in [1.29, 1.82) is 0 Å². The van der Waals surface area contributed by atoms with Crippen LogP contribution in [0.15, 0.2) is 0 Å². The Kier molecular flexibility index (Phi) is 7.88. The molecule has 150 valence electrons. The van der Waals surface area contributed by atoms with Gasteiger partial charge in [0.05, 0.1) is 26.4 Å². The summed E-state index contributed by atoms with van der Waals surface area (Å²) in [5.74, 6) is 0. The van der Waals surface area contributed by atoms with Gasteiger partial charge in [0, 0.05) is 54.6 Å². The predicted molar refractivity (Wildman–Crippen MR) is 92.7 cm³/mol. The van der Waals surface area contributed by atoms with Gasteiger partial charge >= 0.3 is 12.1 Å². The van der Waals surface area contributed by atoms with E-state index in [1.54, 1.807) is 48.0 Å². The zero-order valence-electron chi connectivity index (χ0n) is 16.0. The highest BCUT2D eigenvalue weighted by molar-refractivity contribution is 5.85. The number of carbonyl (C=O) groups excluding carboxylic acids is 2. The molecule has 2 aliphatic rings. The van der Waals surface area contributed by atoms with Crippen LogP contribution in [0, 0.1) is 0 Å². The maximum atomic E-state index is 13.0. The molecule has 0 aromatic rings. The van der Waals surface area contributed by atoms with Crippen LogP contribution in [-0.2, 0) is 18.9 Å². The van der Waals surface area contributed by atoms with Crippen molar-refractivity contribution in [3.8, 4) is 0 Å². The van der Waals surface area contributed by atoms with Gasteiger partial charge in [-0.1, -0.05) is 0 Å². The zero-order chi connectivity index (χ0) is 19.1. The predicted octanol–water partition coefficient (Wildman–Crippen LogP) is -0.301. The number of fused-ring (bicyclic) bond motifs is 1. The highest BCUT2D eigenvalue weighted by Crippen LogP contribution is 2.34. The summed E-state index contributed by atoms with van der Waals surface area (Å²) in [5.41, 5.74) is 0. The quantitative estimate of drug-likeness (QED) is 0.466. The van der Waals surface area contributed by atoms with E-state index in [9.17, 15) is 9.59 Å². The Hall–Kier alpha value is -1.62. The van der Waals surface area contributed by atoms with Crippen LogP contribution in [0.2, 0.25) is 0 Å². The number of carbonyl (C=O) groups is 2. The molecule has 0 aromatic heterocycles. The van der Waals surface area contributed by atoms with E-state index in [-0.39, 0.29) is 24.4 Å². The van der Waals surface area contributed by atoms with Gasteiger partial charge < -0.3 is 18.9 Å². The lowest BCUT2D eigenvalue weighted by atomic mass is 10.3. The highest BCUT2D eigenvalue weighted by atomic mass is 16.5. The van der Waals surface area contributed by atoms with Gasteiger partial charge in [-0.15, -0.1) is 0 Å². The van der Waals surface area contributed by atoms with Crippen molar-refractivity contribution in [3.63, 3.8) is 0 Å². The van der Waals surface area contributed by atoms with Crippen LogP contribution >= 0.6 is 0 Å². The number of rotatable bonds is 12. The second kappa shape index (κ2) is 9.91. The third kappa shape index (κ3) is 4.03. The van der Waals surface area contributed by atoms with Gasteiger partial charge in [0.15, 0.2) is 0 Å². The smallest absolute Gasteiger partial charge is 0.323 e. The van der Waals surface area contributed by atoms with Crippen LogP contribution in [0.4, 0.5) is 9.59 Å². The number of ether oxygens (including phenoxy) is 4. The lowest BCUT2D eigenvalue weighted by Crippen LogP contribution is -2.49. The Labute approximate surface area is 154 Å². The Bertz CT molecular complexity index is 402. The van der Waals surface area contributed by atoms with Crippen molar-refractivity contribution >= 4 is 12.1 Å². The summed E-state index contributed by atoms with van der Waals surface area (Å²) in [5, 5.41) is 0. The molecule has 2 saturated heterocycles. The molecule has 0 saturated carbocycles. The van der Waals surface area contributed by atoms with E-state index in [0.29, 0.717) is 52.6 Å². The molecule has 10 nitrogen and oxygen atoms in total. The first-order valence-corrected chi connectivity index (χ1v) is 8.72. The molecule has 2 fully saturated rings. The number of amides is 4. The Morgan fingerprint density at radius 1 is 0.577 bits per heavy atom. The molecule has 0 unspecified atom stereocenters. The highest BCUT2D eigenvalue weighted by Gasteiger charge is 2.58. The molecule has 0 radical (unpaired) electrons. The average Bonchev–Trinajstić information content (AvgIpc) is 3.05. The van der Waals surface area contributed by atoms with E-state index >= 15 is 0 Å². The van der Waals surface area contributed by atoms with Crippen LogP contribution in [0.25, 0.3) is 0 Å². The summed E-state index contributed by atoms with van der Waals surface area (Å²) < 4.78 is 20.6. The molecule has 0 spiro atoms. The van der Waals surface area contributed by atoms with Crippen LogP contribution in [0.3, 0.4) is 0 Å². The van der Waals surface area contributed by atoms with E-state index in [2.05, 4.69) is 0 Å². The molecule has 2 aliphatic heterocycles. The van der Waals surface area contributed by atoms with E-state index < -0.39 is 0 Å². The van der Waals surface area contributed by atoms with E-state index in [4.69, 9.17) is 18.9 Å². The van der Waals surface area contributed by atoms with E-state index in [0.717, 1.165) is 0 Å². The van der Waals surface area contributed by atoms with Gasteiger partial charge in [-0.2, -0.15) is 0 Å². The molecule has 4 amide bonds. The summed E-state index contributed by atoms with van der Waals surface area (Å²) in [6, 6.07) is -0.238. The van der Waals surface area contributed by atoms with E-state index in [1.807, 2.05) is 0 Å². The minimum Gasteiger partial charge on any atom is -0.383 e. The minimum atomic E-state index is -0.381. The molecule has 0 aromatic carbocycles. The third-order valence-corrected chi connectivity index (χ3v) is 4.67. The monoisotopic (exact) mass is 374 g/mol. The van der Waals surface area contributed by atoms with Crippen LogP contribution in [-0.4, -0.2) is 125 Å². The van der Waals surface area contributed by atoms with Gasteiger partial charge in [-0.05, 0) is 0 Å². The van der Waals surface area contributed by atoms with Crippen molar-refractivity contribution in [2.24, 2.45) is 0 Å². The summed E-state index contributed by atoms with van der Waals surface area (Å²) >= 11 is 0. The number of hydrogen-bond acceptors (Lipinski definition) is 6. The maximum absolute atomic E-state index is 13.0.